The van der Waals surface area contributed by atoms with Gasteiger partial charge in [0.1, 0.15) is 5.76 Å². The maximum Gasteiger partial charge on any atom is 0.572 e. The lowest BCUT2D eigenvalue weighted by molar-refractivity contribution is -0.306. The summed E-state index contributed by atoms with van der Waals surface area (Å²) in [4.78, 5) is 14.2. The molecule has 0 amide bonds. The average molecular weight is 479 g/mol. The molecule has 0 aromatic carbocycles. The van der Waals surface area contributed by atoms with Crippen LogP contribution >= 0.6 is 0 Å². The summed E-state index contributed by atoms with van der Waals surface area (Å²) in [6.07, 6.45) is 5.60. The summed E-state index contributed by atoms with van der Waals surface area (Å²) in [5.74, 6) is -0.531. The summed E-state index contributed by atoms with van der Waals surface area (Å²) in [6, 6.07) is 1.28. The molecule has 1 fully saturated rings. The number of aryl methyl sites for hydroxylation is 2. The number of pyridine rings is 1. The molecule has 2 aliphatic rings. The Morgan fingerprint density at radius 3 is 2.62 bits per heavy atom. The molecule has 0 radical (unpaired) electrons. The van der Waals surface area contributed by atoms with Gasteiger partial charge in [-0.05, 0) is 50.5 Å². The van der Waals surface area contributed by atoms with Crippen LogP contribution in [0.4, 0.5) is 18.9 Å². The molecule has 0 aliphatic heterocycles. The van der Waals surface area contributed by atoms with Gasteiger partial charge in [0.2, 0.25) is 0 Å². The van der Waals surface area contributed by atoms with E-state index in [-0.39, 0.29) is 23.7 Å². The molecule has 6 nitrogen and oxygen atoms in total. The maximum absolute atomic E-state index is 13.0. The number of nitrogens with two attached hydrogens (primary N) is 1. The lowest BCUT2D eigenvalue weighted by Crippen LogP contribution is -2.46. The number of alkyl halides is 3. The lowest BCUT2D eigenvalue weighted by atomic mass is 9.82. The van der Waals surface area contributed by atoms with Crippen molar-refractivity contribution in [2.24, 2.45) is 18.7 Å². The quantitative estimate of drug-likeness (QED) is 0.525. The molecule has 3 atom stereocenters. The minimum Gasteiger partial charge on any atom is -0.410 e. The summed E-state index contributed by atoms with van der Waals surface area (Å²) >= 11 is 0. The number of aromatic nitrogens is 1. The molecule has 1 aromatic rings. The van der Waals surface area contributed by atoms with Crippen molar-refractivity contribution in [3.63, 3.8) is 0 Å². The second-order valence-electron chi connectivity index (χ2n) is 9.07. The molecule has 34 heavy (non-hydrogen) atoms. The van der Waals surface area contributed by atoms with Gasteiger partial charge >= 0.3 is 6.36 Å². The predicted octanol–water partition coefficient (Wildman–Crippen LogP) is 4.03. The number of hydrogen-bond donors (Lipinski definition) is 2. The fraction of sp³-hybridized carbons (Fsp3) is 0.480. The van der Waals surface area contributed by atoms with Crippen molar-refractivity contribution in [1.82, 2.24) is 9.88 Å². The highest BCUT2D eigenvalue weighted by molar-refractivity contribution is 5.51. The molecular formula is C25H33F3N4O2. The van der Waals surface area contributed by atoms with Crippen LogP contribution in [0, 0.1) is 12.8 Å². The molecule has 0 bridgehead atoms. The normalized spacial score (nSPS) is 20.7. The van der Waals surface area contributed by atoms with Crippen molar-refractivity contribution in [2.75, 3.05) is 11.9 Å². The van der Waals surface area contributed by atoms with E-state index in [4.69, 9.17) is 5.73 Å². The second kappa shape index (κ2) is 10.1. The fourth-order valence-corrected chi connectivity index (χ4v) is 4.43. The summed E-state index contributed by atoms with van der Waals surface area (Å²) in [7, 11) is 3.53. The monoisotopic (exact) mass is 478 g/mol. The molecule has 9 heteroatoms. The van der Waals surface area contributed by atoms with Crippen LogP contribution in [0.15, 0.2) is 65.0 Å². The van der Waals surface area contributed by atoms with E-state index < -0.39 is 18.4 Å². The van der Waals surface area contributed by atoms with Crippen molar-refractivity contribution in [3.05, 3.63) is 76.1 Å². The van der Waals surface area contributed by atoms with Crippen LogP contribution in [0.2, 0.25) is 0 Å². The van der Waals surface area contributed by atoms with Crippen LogP contribution in [-0.2, 0) is 11.8 Å². The van der Waals surface area contributed by atoms with Gasteiger partial charge in [-0.3, -0.25) is 4.79 Å². The highest BCUT2D eigenvalue weighted by atomic mass is 19.4. The third-order valence-corrected chi connectivity index (χ3v) is 6.16. The standard InChI is InChI=1S/C25H33F3N4O2/c1-6-21(30-18-10-11-18)22(16(3)29)23(17-8-7-9-20(13-17)34-25(26,27)28)32(5)19-12-15(2)24(33)31(4)14-19/h6-9,12,14,16-18,23,30H,1,10-11,13,29H2,2-5H3/b22-21+. The van der Waals surface area contributed by atoms with Gasteiger partial charge in [-0.2, -0.15) is 0 Å². The first kappa shape index (κ1) is 25.7. The number of likely N-dealkylation sites (N-methyl/N-ethyl adjacent to an activating group) is 1. The molecule has 0 saturated heterocycles. The summed E-state index contributed by atoms with van der Waals surface area (Å²) in [6.45, 7) is 7.56. The van der Waals surface area contributed by atoms with Crippen molar-refractivity contribution in [3.8, 4) is 0 Å². The average Bonchev–Trinajstić information content (AvgIpc) is 3.56. The Hall–Kier alpha value is -2.94. The molecule has 2 aliphatic carbocycles. The topological polar surface area (TPSA) is 72.5 Å². The van der Waals surface area contributed by atoms with Crippen LogP contribution in [-0.4, -0.2) is 36.1 Å². The van der Waals surface area contributed by atoms with E-state index >= 15 is 0 Å². The lowest BCUT2D eigenvalue weighted by Gasteiger charge is -2.40. The Balaban J connectivity index is 2.10. The Bertz CT molecular complexity index is 1040. The molecule has 3 N–H and O–H groups in total. The molecule has 3 unspecified atom stereocenters. The molecule has 0 spiro atoms. The Kier molecular flexibility index (Phi) is 7.65. The minimum absolute atomic E-state index is 0.0415. The molecule has 1 saturated carbocycles. The van der Waals surface area contributed by atoms with Crippen molar-refractivity contribution in [2.45, 2.75) is 57.6 Å². The zero-order chi connectivity index (χ0) is 25.2. The zero-order valence-electron chi connectivity index (χ0n) is 20.0. The number of hydrogen-bond acceptors (Lipinski definition) is 5. The predicted molar refractivity (Wildman–Crippen MR) is 128 cm³/mol. The van der Waals surface area contributed by atoms with E-state index in [0.29, 0.717) is 11.6 Å². The first-order valence-corrected chi connectivity index (χ1v) is 11.3. The van der Waals surface area contributed by atoms with E-state index in [1.807, 2.05) is 24.9 Å². The van der Waals surface area contributed by atoms with Gasteiger partial charge in [0.25, 0.3) is 5.56 Å². The maximum atomic E-state index is 13.0. The van der Waals surface area contributed by atoms with Crippen molar-refractivity contribution in [1.29, 1.82) is 0 Å². The van der Waals surface area contributed by atoms with E-state index in [0.717, 1.165) is 29.8 Å². The summed E-state index contributed by atoms with van der Waals surface area (Å²) < 4.78 is 44.6. The zero-order valence-corrected chi connectivity index (χ0v) is 20.0. The number of ether oxygens (including phenoxy) is 1. The summed E-state index contributed by atoms with van der Waals surface area (Å²) in [5.41, 5.74) is 9.30. The van der Waals surface area contributed by atoms with E-state index in [9.17, 15) is 18.0 Å². The minimum atomic E-state index is -4.77. The van der Waals surface area contributed by atoms with Crippen molar-refractivity contribution >= 4 is 5.69 Å². The van der Waals surface area contributed by atoms with Crippen LogP contribution in [0.5, 0.6) is 0 Å². The second-order valence-corrected chi connectivity index (χ2v) is 9.07. The van der Waals surface area contributed by atoms with Gasteiger partial charge in [0.15, 0.2) is 0 Å². The first-order chi connectivity index (χ1) is 15.9. The number of allylic oxidation sites excluding steroid dienone is 4. The van der Waals surface area contributed by atoms with Gasteiger partial charge in [0, 0.05) is 56.0 Å². The highest BCUT2D eigenvalue weighted by Gasteiger charge is 2.37. The molecule has 1 heterocycles. The largest absolute Gasteiger partial charge is 0.572 e. The van der Waals surface area contributed by atoms with Crippen molar-refractivity contribution < 1.29 is 17.9 Å². The molecule has 186 valence electrons. The van der Waals surface area contributed by atoms with Gasteiger partial charge in [-0.15, -0.1) is 13.2 Å². The molecule has 3 rings (SSSR count). The number of anilines is 1. The van der Waals surface area contributed by atoms with Gasteiger partial charge < -0.3 is 25.3 Å². The Morgan fingerprint density at radius 1 is 1.41 bits per heavy atom. The van der Waals surface area contributed by atoms with Gasteiger partial charge in [-0.1, -0.05) is 18.7 Å². The number of halogens is 3. The third-order valence-electron chi connectivity index (χ3n) is 6.16. The Morgan fingerprint density at radius 2 is 2.09 bits per heavy atom. The molecular weight excluding hydrogens is 445 g/mol. The first-order valence-electron chi connectivity index (χ1n) is 11.3. The highest BCUT2D eigenvalue weighted by Crippen LogP contribution is 2.36. The van der Waals surface area contributed by atoms with Crippen LogP contribution < -0.4 is 21.5 Å². The van der Waals surface area contributed by atoms with E-state index in [1.54, 1.807) is 38.4 Å². The van der Waals surface area contributed by atoms with E-state index in [2.05, 4.69) is 16.6 Å². The van der Waals surface area contributed by atoms with Crippen LogP contribution in [0.1, 0.15) is 31.7 Å². The third kappa shape index (κ3) is 6.14. The Labute approximate surface area is 198 Å². The smallest absolute Gasteiger partial charge is 0.410 e. The van der Waals surface area contributed by atoms with Crippen LogP contribution in [0.25, 0.3) is 0 Å². The summed E-state index contributed by atoms with van der Waals surface area (Å²) in [5, 5.41) is 3.48. The molecule has 1 aromatic heterocycles. The SMILES string of the molecule is C=C/C(NC1CC1)=C(/C(C)N)C(C1C=CC=C(OC(F)(F)F)C1)N(C)c1cc(C)c(=O)n(C)c1. The number of rotatable bonds is 9. The number of nitrogens with one attached hydrogen (secondary N) is 1. The fourth-order valence-electron chi connectivity index (χ4n) is 4.43. The van der Waals surface area contributed by atoms with Crippen LogP contribution in [0.3, 0.4) is 0 Å². The van der Waals surface area contributed by atoms with Gasteiger partial charge in [0.05, 0.1) is 11.7 Å². The van der Waals surface area contributed by atoms with E-state index in [1.165, 1.54) is 10.6 Å². The van der Waals surface area contributed by atoms with Gasteiger partial charge in [-0.25, -0.2) is 0 Å². The number of nitrogens with zero attached hydrogens (tertiary/aromatic N) is 2.